The molecule has 0 atom stereocenters. The lowest BCUT2D eigenvalue weighted by Gasteiger charge is -2.13. The number of benzene rings is 4. The highest BCUT2D eigenvalue weighted by Gasteiger charge is 2.35. The van der Waals surface area contributed by atoms with Gasteiger partial charge in [-0.2, -0.15) is 0 Å². The smallest absolute Gasteiger partial charge is 0.344 e. The van der Waals surface area contributed by atoms with Gasteiger partial charge < -0.3 is 4.74 Å². The second-order valence-corrected chi connectivity index (χ2v) is 10.2. The van der Waals surface area contributed by atoms with Gasteiger partial charge in [-0.15, -0.1) is 0 Å². The molecule has 8 heteroatoms. The van der Waals surface area contributed by atoms with Gasteiger partial charge in [0.1, 0.15) is 5.75 Å². The number of hydrogen-bond acceptors (Lipinski definition) is 5. The van der Waals surface area contributed by atoms with Crippen LogP contribution in [0.5, 0.6) is 5.75 Å². The predicted octanol–water partition coefficient (Wildman–Crippen LogP) is 7.71. The number of carbonyl (C=O) groups excluding carboxylic acids is 3. The van der Waals surface area contributed by atoms with Crippen LogP contribution < -0.4 is 4.74 Å². The maximum atomic E-state index is 12.9. The molecule has 0 N–H and O–H groups in total. The lowest BCUT2D eigenvalue weighted by atomic mass is 10.0. The molecule has 0 unspecified atom stereocenters. The number of ether oxygens (including phenoxy) is 1. The third kappa shape index (κ3) is 4.95. The molecule has 1 heterocycles. The lowest BCUT2D eigenvalue weighted by molar-refractivity contribution is -0.123. The molecular formula is C28H17BrClNO4S. The summed E-state index contributed by atoms with van der Waals surface area (Å²) in [6, 6.07) is 25.3. The highest BCUT2D eigenvalue weighted by molar-refractivity contribution is 9.10. The van der Waals surface area contributed by atoms with E-state index in [1.54, 1.807) is 48.5 Å². The fourth-order valence-electron chi connectivity index (χ4n) is 3.83. The van der Waals surface area contributed by atoms with Crippen LogP contribution in [0.15, 0.2) is 94.3 Å². The number of thioether (sulfide) groups is 1. The van der Waals surface area contributed by atoms with Gasteiger partial charge in [-0.05, 0) is 79.9 Å². The second-order valence-electron chi connectivity index (χ2n) is 7.97. The SMILES string of the molecule is O=C(Oc1ccc(/C=C2\SC(=O)N(Cc3ccccc3Cl)C2=O)cc1Br)c1cccc2ccccc12. The van der Waals surface area contributed by atoms with E-state index in [9.17, 15) is 14.4 Å². The topological polar surface area (TPSA) is 63.7 Å². The number of hydrogen-bond donors (Lipinski definition) is 0. The summed E-state index contributed by atoms with van der Waals surface area (Å²) >= 11 is 10.5. The molecular weight excluding hydrogens is 562 g/mol. The molecule has 1 fully saturated rings. The minimum absolute atomic E-state index is 0.106. The Morgan fingerprint density at radius 2 is 1.72 bits per heavy atom. The fraction of sp³-hybridized carbons (Fsp3) is 0.0357. The Kier molecular flexibility index (Phi) is 6.96. The maximum Gasteiger partial charge on any atom is 0.344 e. The van der Waals surface area contributed by atoms with Crippen LogP contribution >= 0.6 is 39.3 Å². The van der Waals surface area contributed by atoms with Gasteiger partial charge in [0.2, 0.25) is 0 Å². The van der Waals surface area contributed by atoms with Gasteiger partial charge in [0, 0.05) is 5.02 Å². The Balaban J connectivity index is 1.33. The molecule has 5 nitrogen and oxygen atoms in total. The van der Waals surface area contributed by atoms with Gasteiger partial charge in [-0.3, -0.25) is 14.5 Å². The van der Waals surface area contributed by atoms with Gasteiger partial charge in [0.05, 0.1) is 21.5 Å². The van der Waals surface area contributed by atoms with E-state index in [0.29, 0.717) is 36.8 Å². The van der Waals surface area contributed by atoms with Crippen LogP contribution in [-0.2, 0) is 11.3 Å². The van der Waals surface area contributed by atoms with Crippen LogP contribution in [0.25, 0.3) is 16.8 Å². The normalized spacial score (nSPS) is 14.6. The molecule has 1 aliphatic heterocycles. The molecule has 36 heavy (non-hydrogen) atoms. The number of halogens is 2. The largest absolute Gasteiger partial charge is 0.422 e. The summed E-state index contributed by atoms with van der Waals surface area (Å²) in [6.45, 7) is 0.106. The van der Waals surface area contributed by atoms with E-state index in [2.05, 4.69) is 15.9 Å². The molecule has 4 aromatic rings. The average Bonchev–Trinajstić information content (AvgIpc) is 3.13. The lowest BCUT2D eigenvalue weighted by Crippen LogP contribution is -2.27. The van der Waals surface area contributed by atoms with Crippen LogP contribution in [-0.4, -0.2) is 22.0 Å². The van der Waals surface area contributed by atoms with Crippen LogP contribution in [0, 0.1) is 0 Å². The number of carbonyl (C=O) groups is 3. The summed E-state index contributed by atoms with van der Waals surface area (Å²) in [6.07, 6.45) is 1.64. The van der Waals surface area contributed by atoms with Crippen molar-refractivity contribution in [2.75, 3.05) is 0 Å². The summed E-state index contributed by atoms with van der Waals surface area (Å²) in [5.74, 6) is -0.509. The zero-order valence-electron chi connectivity index (χ0n) is 18.6. The first-order chi connectivity index (χ1) is 17.4. The Labute approximate surface area is 224 Å². The number of imide groups is 1. The molecule has 0 aromatic heterocycles. The summed E-state index contributed by atoms with van der Waals surface area (Å²) in [4.78, 5) is 39.7. The van der Waals surface area contributed by atoms with Gasteiger partial charge >= 0.3 is 5.97 Å². The summed E-state index contributed by atoms with van der Waals surface area (Å²) in [7, 11) is 0. The number of nitrogens with zero attached hydrogens (tertiary/aromatic N) is 1. The number of fused-ring (bicyclic) bond motifs is 1. The molecule has 178 valence electrons. The Morgan fingerprint density at radius 3 is 2.53 bits per heavy atom. The molecule has 0 spiro atoms. The van der Waals surface area contributed by atoms with Crippen molar-refractivity contribution < 1.29 is 19.1 Å². The molecule has 0 radical (unpaired) electrons. The highest BCUT2D eigenvalue weighted by Crippen LogP contribution is 2.35. The molecule has 0 bridgehead atoms. The van der Waals surface area contributed by atoms with Gasteiger partial charge in [-0.1, -0.05) is 72.3 Å². The summed E-state index contributed by atoms with van der Waals surface area (Å²) in [5.41, 5.74) is 1.84. The van der Waals surface area contributed by atoms with Crippen LogP contribution in [0.3, 0.4) is 0 Å². The third-order valence-corrected chi connectivity index (χ3v) is 7.52. The number of esters is 1. The van der Waals surface area contributed by atoms with Crippen molar-refractivity contribution in [3.05, 3.63) is 116 Å². The van der Waals surface area contributed by atoms with Crippen molar-refractivity contribution in [3.63, 3.8) is 0 Å². The quantitative estimate of drug-likeness (QED) is 0.138. The van der Waals surface area contributed by atoms with Crippen LogP contribution in [0.4, 0.5) is 4.79 Å². The van der Waals surface area contributed by atoms with Crippen molar-refractivity contribution in [2.24, 2.45) is 0 Å². The number of rotatable bonds is 5. The van der Waals surface area contributed by atoms with E-state index in [-0.39, 0.29) is 17.7 Å². The maximum absolute atomic E-state index is 12.9. The average molecular weight is 579 g/mol. The van der Waals surface area contributed by atoms with E-state index in [0.717, 1.165) is 22.5 Å². The molecule has 1 saturated heterocycles. The zero-order chi connectivity index (χ0) is 25.2. The first-order valence-corrected chi connectivity index (χ1v) is 12.9. The van der Waals surface area contributed by atoms with E-state index < -0.39 is 5.97 Å². The van der Waals surface area contributed by atoms with Crippen LogP contribution in [0.1, 0.15) is 21.5 Å². The fourth-order valence-corrected chi connectivity index (χ4v) is 5.34. The Bertz CT molecular complexity index is 1560. The van der Waals surface area contributed by atoms with E-state index in [4.69, 9.17) is 16.3 Å². The Hall–Kier alpha value is -3.39. The standard InChI is InChI=1S/C28H17BrClNO4S/c29-22-14-17(15-25-26(32)31(28(34)36-25)16-19-7-2-4-11-23(19)30)12-13-24(22)35-27(33)21-10-5-8-18-6-1-3-9-20(18)21/h1-15H,16H2/b25-15-. The van der Waals surface area contributed by atoms with Crippen molar-refractivity contribution in [1.29, 1.82) is 0 Å². The summed E-state index contributed by atoms with van der Waals surface area (Å²) < 4.78 is 6.19. The monoisotopic (exact) mass is 577 g/mol. The molecule has 0 aliphatic carbocycles. The molecule has 2 amide bonds. The molecule has 0 saturated carbocycles. The van der Waals surface area contributed by atoms with Crippen molar-refractivity contribution in [3.8, 4) is 5.75 Å². The van der Waals surface area contributed by atoms with Crippen LogP contribution in [0.2, 0.25) is 5.02 Å². The molecule has 1 aliphatic rings. The minimum atomic E-state index is -0.471. The van der Waals surface area contributed by atoms with Crippen molar-refractivity contribution in [2.45, 2.75) is 6.54 Å². The predicted molar refractivity (Wildman–Crippen MR) is 146 cm³/mol. The van der Waals surface area contributed by atoms with E-state index >= 15 is 0 Å². The zero-order valence-corrected chi connectivity index (χ0v) is 21.8. The molecule has 4 aromatic carbocycles. The second kappa shape index (κ2) is 10.3. The van der Waals surface area contributed by atoms with Gasteiger partial charge in [0.15, 0.2) is 0 Å². The third-order valence-electron chi connectivity index (χ3n) is 5.63. The number of amides is 2. The minimum Gasteiger partial charge on any atom is -0.422 e. The first-order valence-electron chi connectivity index (χ1n) is 10.9. The van der Waals surface area contributed by atoms with Gasteiger partial charge in [-0.25, -0.2) is 4.79 Å². The van der Waals surface area contributed by atoms with E-state index in [1.165, 1.54) is 4.90 Å². The summed E-state index contributed by atoms with van der Waals surface area (Å²) in [5, 5.41) is 1.90. The van der Waals surface area contributed by atoms with Gasteiger partial charge in [0.25, 0.3) is 11.1 Å². The molecule has 5 rings (SSSR count). The van der Waals surface area contributed by atoms with E-state index in [1.807, 2.05) is 42.5 Å². The Morgan fingerprint density at radius 1 is 0.972 bits per heavy atom. The first kappa shape index (κ1) is 24.3. The van der Waals surface area contributed by atoms with Crippen molar-refractivity contribution >= 4 is 73.3 Å². The van der Waals surface area contributed by atoms with Crippen molar-refractivity contribution in [1.82, 2.24) is 4.90 Å². The highest BCUT2D eigenvalue weighted by atomic mass is 79.9.